The van der Waals surface area contributed by atoms with Gasteiger partial charge in [0.2, 0.25) is 0 Å². The molecule has 1 unspecified atom stereocenters. The molecule has 104 valence electrons. The van der Waals surface area contributed by atoms with Gasteiger partial charge in [-0.05, 0) is 36.8 Å². The first kappa shape index (κ1) is 14.1. The van der Waals surface area contributed by atoms with Crippen molar-refractivity contribution in [2.24, 2.45) is 0 Å². The van der Waals surface area contributed by atoms with E-state index in [1.54, 1.807) is 0 Å². The molecule has 0 saturated heterocycles. The summed E-state index contributed by atoms with van der Waals surface area (Å²) < 4.78 is 18.0. The number of carbonyl (C=O) groups is 1. The second-order valence-corrected chi connectivity index (χ2v) is 4.44. The van der Waals surface area contributed by atoms with Crippen molar-refractivity contribution in [3.8, 4) is 5.75 Å². The molecule has 20 heavy (non-hydrogen) atoms. The van der Waals surface area contributed by atoms with Crippen LogP contribution in [0.2, 0.25) is 0 Å². The summed E-state index contributed by atoms with van der Waals surface area (Å²) in [6, 6.07) is 15.2. The average Bonchev–Trinajstić information content (AvgIpc) is 2.47. The zero-order chi connectivity index (χ0) is 14.4. The molecular formula is C16H16FNO2. The Labute approximate surface area is 117 Å². The Bertz CT molecular complexity index is 554. The summed E-state index contributed by atoms with van der Waals surface area (Å²) >= 11 is 0. The number of halogens is 1. The standard InChI is InChI=1S/C16H16FNO2/c1-12(13-5-3-2-4-6-13)18-16(19)11-20-15-9-7-14(17)8-10-15/h2-10,12H,11H2,1H3,(H,18,19). The molecule has 0 aliphatic heterocycles. The van der Waals surface area contributed by atoms with Gasteiger partial charge in [0.05, 0.1) is 6.04 Å². The fourth-order valence-electron chi connectivity index (χ4n) is 1.79. The molecule has 0 heterocycles. The molecule has 1 amide bonds. The van der Waals surface area contributed by atoms with Crippen LogP contribution >= 0.6 is 0 Å². The predicted molar refractivity (Wildman–Crippen MR) is 74.9 cm³/mol. The van der Waals surface area contributed by atoms with Gasteiger partial charge >= 0.3 is 0 Å². The average molecular weight is 273 g/mol. The second-order valence-electron chi connectivity index (χ2n) is 4.44. The molecular weight excluding hydrogens is 257 g/mol. The summed E-state index contributed by atoms with van der Waals surface area (Å²) in [4.78, 5) is 11.8. The number of hydrogen-bond donors (Lipinski definition) is 1. The van der Waals surface area contributed by atoms with Crippen LogP contribution < -0.4 is 10.1 Å². The lowest BCUT2D eigenvalue weighted by Crippen LogP contribution is -2.31. The van der Waals surface area contributed by atoms with Crippen molar-refractivity contribution < 1.29 is 13.9 Å². The first-order valence-corrected chi connectivity index (χ1v) is 6.38. The normalized spacial score (nSPS) is 11.7. The topological polar surface area (TPSA) is 38.3 Å². The Kier molecular flexibility index (Phi) is 4.71. The van der Waals surface area contributed by atoms with E-state index in [9.17, 15) is 9.18 Å². The molecule has 0 aliphatic carbocycles. The first-order chi connectivity index (χ1) is 9.65. The van der Waals surface area contributed by atoms with E-state index in [-0.39, 0.29) is 24.4 Å². The van der Waals surface area contributed by atoms with Crippen molar-refractivity contribution in [3.05, 3.63) is 66.0 Å². The lowest BCUT2D eigenvalue weighted by molar-refractivity contribution is -0.123. The van der Waals surface area contributed by atoms with Gasteiger partial charge in [-0.25, -0.2) is 4.39 Å². The minimum absolute atomic E-state index is 0.0829. The molecule has 2 aromatic rings. The molecule has 0 radical (unpaired) electrons. The zero-order valence-electron chi connectivity index (χ0n) is 11.2. The maximum absolute atomic E-state index is 12.7. The number of hydrogen-bond acceptors (Lipinski definition) is 2. The van der Waals surface area contributed by atoms with E-state index in [1.165, 1.54) is 24.3 Å². The highest BCUT2D eigenvalue weighted by Crippen LogP contribution is 2.12. The van der Waals surface area contributed by atoms with Crippen LogP contribution in [0.3, 0.4) is 0 Å². The lowest BCUT2D eigenvalue weighted by atomic mass is 10.1. The Balaban J connectivity index is 1.82. The molecule has 0 saturated carbocycles. The van der Waals surface area contributed by atoms with Crippen LogP contribution in [0, 0.1) is 5.82 Å². The van der Waals surface area contributed by atoms with E-state index < -0.39 is 0 Å². The number of ether oxygens (including phenoxy) is 1. The van der Waals surface area contributed by atoms with Gasteiger partial charge in [0, 0.05) is 0 Å². The van der Waals surface area contributed by atoms with Gasteiger partial charge in [0.1, 0.15) is 11.6 Å². The molecule has 4 heteroatoms. The second kappa shape index (κ2) is 6.70. The summed E-state index contributed by atoms with van der Waals surface area (Å²) in [7, 11) is 0. The van der Waals surface area contributed by atoms with E-state index in [1.807, 2.05) is 37.3 Å². The third-order valence-corrected chi connectivity index (χ3v) is 2.86. The van der Waals surface area contributed by atoms with Crippen molar-refractivity contribution in [1.29, 1.82) is 0 Å². The number of nitrogens with one attached hydrogen (secondary N) is 1. The van der Waals surface area contributed by atoms with Crippen LogP contribution in [0.25, 0.3) is 0 Å². The minimum Gasteiger partial charge on any atom is -0.484 e. The highest BCUT2D eigenvalue weighted by Gasteiger charge is 2.09. The van der Waals surface area contributed by atoms with Gasteiger partial charge in [-0.1, -0.05) is 30.3 Å². The molecule has 2 aromatic carbocycles. The van der Waals surface area contributed by atoms with Gasteiger partial charge in [-0.3, -0.25) is 4.79 Å². The van der Waals surface area contributed by atoms with E-state index in [0.29, 0.717) is 5.75 Å². The van der Waals surface area contributed by atoms with Crippen LogP contribution in [0.4, 0.5) is 4.39 Å². The molecule has 1 N–H and O–H groups in total. The van der Waals surface area contributed by atoms with Gasteiger partial charge in [0.25, 0.3) is 5.91 Å². The fraction of sp³-hybridized carbons (Fsp3) is 0.188. The maximum atomic E-state index is 12.7. The van der Waals surface area contributed by atoms with E-state index in [4.69, 9.17) is 4.74 Å². The summed E-state index contributed by atoms with van der Waals surface area (Å²) in [6.45, 7) is 1.81. The van der Waals surface area contributed by atoms with Crippen LogP contribution in [-0.2, 0) is 4.79 Å². The van der Waals surface area contributed by atoms with Gasteiger partial charge in [0.15, 0.2) is 6.61 Å². The largest absolute Gasteiger partial charge is 0.484 e. The molecule has 2 rings (SSSR count). The van der Waals surface area contributed by atoms with Crippen LogP contribution in [-0.4, -0.2) is 12.5 Å². The predicted octanol–water partition coefficient (Wildman–Crippen LogP) is 3.08. The van der Waals surface area contributed by atoms with E-state index in [0.717, 1.165) is 5.56 Å². The van der Waals surface area contributed by atoms with Crippen molar-refractivity contribution in [2.45, 2.75) is 13.0 Å². The Morgan fingerprint density at radius 3 is 2.45 bits per heavy atom. The van der Waals surface area contributed by atoms with Crippen molar-refractivity contribution in [2.75, 3.05) is 6.61 Å². The molecule has 3 nitrogen and oxygen atoms in total. The van der Waals surface area contributed by atoms with E-state index >= 15 is 0 Å². The fourth-order valence-corrected chi connectivity index (χ4v) is 1.79. The summed E-state index contributed by atoms with van der Waals surface area (Å²) in [6.07, 6.45) is 0. The summed E-state index contributed by atoms with van der Waals surface area (Å²) in [5.74, 6) is -0.0842. The smallest absolute Gasteiger partial charge is 0.258 e. The Morgan fingerprint density at radius 2 is 1.80 bits per heavy atom. The highest BCUT2D eigenvalue weighted by molar-refractivity contribution is 5.78. The molecule has 0 aromatic heterocycles. The Morgan fingerprint density at radius 1 is 1.15 bits per heavy atom. The first-order valence-electron chi connectivity index (χ1n) is 6.38. The van der Waals surface area contributed by atoms with Crippen LogP contribution in [0.1, 0.15) is 18.5 Å². The molecule has 0 aliphatic rings. The molecule has 1 atom stereocenters. The quantitative estimate of drug-likeness (QED) is 0.909. The SMILES string of the molecule is CC(NC(=O)COc1ccc(F)cc1)c1ccccc1. The van der Waals surface area contributed by atoms with Gasteiger partial charge in [-0.15, -0.1) is 0 Å². The number of carbonyl (C=O) groups excluding carboxylic acids is 1. The molecule has 0 bridgehead atoms. The third kappa shape index (κ3) is 4.09. The number of amides is 1. The van der Waals surface area contributed by atoms with Crippen molar-refractivity contribution >= 4 is 5.91 Å². The van der Waals surface area contributed by atoms with Crippen LogP contribution in [0.15, 0.2) is 54.6 Å². The maximum Gasteiger partial charge on any atom is 0.258 e. The molecule has 0 fully saturated rings. The van der Waals surface area contributed by atoms with E-state index in [2.05, 4.69) is 5.32 Å². The highest BCUT2D eigenvalue weighted by atomic mass is 19.1. The van der Waals surface area contributed by atoms with Gasteiger partial charge < -0.3 is 10.1 Å². The summed E-state index contributed by atoms with van der Waals surface area (Å²) in [5, 5.41) is 2.84. The number of benzene rings is 2. The summed E-state index contributed by atoms with van der Waals surface area (Å²) in [5.41, 5.74) is 1.03. The van der Waals surface area contributed by atoms with Crippen molar-refractivity contribution in [1.82, 2.24) is 5.32 Å². The Hall–Kier alpha value is -2.36. The van der Waals surface area contributed by atoms with Crippen molar-refractivity contribution in [3.63, 3.8) is 0 Å². The monoisotopic (exact) mass is 273 g/mol. The number of rotatable bonds is 5. The lowest BCUT2D eigenvalue weighted by Gasteiger charge is -2.14. The zero-order valence-corrected chi connectivity index (χ0v) is 11.2. The molecule has 0 spiro atoms. The third-order valence-electron chi connectivity index (χ3n) is 2.86. The minimum atomic E-state index is -0.334. The van der Waals surface area contributed by atoms with Gasteiger partial charge in [-0.2, -0.15) is 0 Å². The van der Waals surface area contributed by atoms with Crippen LogP contribution in [0.5, 0.6) is 5.75 Å².